The van der Waals surface area contributed by atoms with Crippen LogP contribution in [0.2, 0.25) is 0 Å². The highest BCUT2D eigenvalue weighted by atomic mass is 16.5. The van der Waals surface area contributed by atoms with Gasteiger partial charge in [0.25, 0.3) is 0 Å². The molecule has 1 heterocycles. The fraction of sp³-hybridized carbons (Fsp3) is 0.286. The number of nitrogens with zero attached hydrogens (tertiary/aromatic N) is 2. The number of amides is 1. The largest absolute Gasteiger partial charge is 0.493 e. The third-order valence-electron chi connectivity index (χ3n) is 5.71. The molecule has 0 aliphatic carbocycles. The normalized spacial score (nSPS) is 10.9. The first kappa shape index (κ1) is 23.4. The van der Waals surface area contributed by atoms with E-state index in [1.54, 1.807) is 7.11 Å². The SMILES string of the molecule is COc1ccccc1OCCCCn1c(CCNC(=O)Cc2ccccc2)nc2ccccc21. The number of aryl methyl sites for hydroxylation is 1. The molecule has 3 aromatic carbocycles. The average molecular weight is 458 g/mol. The zero-order chi connectivity index (χ0) is 23.6. The Morgan fingerprint density at radius 2 is 1.65 bits per heavy atom. The van der Waals surface area contributed by atoms with Gasteiger partial charge >= 0.3 is 0 Å². The van der Waals surface area contributed by atoms with Crippen LogP contribution in [0.5, 0.6) is 11.5 Å². The fourth-order valence-electron chi connectivity index (χ4n) is 4.02. The van der Waals surface area contributed by atoms with Crippen LogP contribution >= 0.6 is 0 Å². The van der Waals surface area contributed by atoms with Crippen molar-refractivity contribution in [1.82, 2.24) is 14.9 Å². The number of hydrogen-bond donors (Lipinski definition) is 1. The summed E-state index contributed by atoms with van der Waals surface area (Å²) >= 11 is 0. The Balaban J connectivity index is 1.30. The Kier molecular flexibility index (Phi) is 8.17. The number of methoxy groups -OCH3 is 1. The van der Waals surface area contributed by atoms with E-state index >= 15 is 0 Å². The van der Waals surface area contributed by atoms with Crippen LogP contribution in [0.1, 0.15) is 24.2 Å². The van der Waals surface area contributed by atoms with E-state index in [2.05, 4.69) is 16.0 Å². The molecule has 0 unspecified atom stereocenters. The van der Waals surface area contributed by atoms with Crippen LogP contribution in [-0.4, -0.2) is 35.7 Å². The maximum atomic E-state index is 12.3. The van der Waals surface area contributed by atoms with E-state index in [9.17, 15) is 4.79 Å². The minimum absolute atomic E-state index is 0.0300. The molecule has 0 bridgehead atoms. The molecule has 0 atom stereocenters. The summed E-state index contributed by atoms with van der Waals surface area (Å²) in [5.41, 5.74) is 3.12. The summed E-state index contributed by atoms with van der Waals surface area (Å²) in [6, 6.07) is 25.7. The summed E-state index contributed by atoms with van der Waals surface area (Å²) in [4.78, 5) is 17.1. The first-order chi connectivity index (χ1) is 16.7. The zero-order valence-corrected chi connectivity index (χ0v) is 19.6. The highest BCUT2D eigenvalue weighted by molar-refractivity contribution is 5.78. The number of hydrogen-bond acceptors (Lipinski definition) is 4. The maximum Gasteiger partial charge on any atom is 0.224 e. The van der Waals surface area contributed by atoms with Crippen molar-refractivity contribution in [3.8, 4) is 11.5 Å². The molecule has 1 N–H and O–H groups in total. The van der Waals surface area contributed by atoms with E-state index in [-0.39, 0.29) is 5.91 Å². The molecule has 34 heavy (non-hydrogen) atoms. The Labute approximate surface area is 200 Å². The van der Waals surface area contributed by atoms with Crippen LogP contribution in [0.3, 0.4) is 0 Å². The van der Waals surface area contributed by atoms with Gasteiger partial charge in [-0.25, -0.2) is 4.98 Å². The second kappa shape index (κ2) is 11.9. The van der Waals surface area contributed by atoms with Crippen molar-refractivity contribution in [2.24, 2.45) is 0 Å². The summed E-state index contributed by atoms with van der Waals surface area (Å²) in [7, 11) is 1.65. The Bertz CT molecular complexity index is 1200. The van der Waals surface area contributed by atoms with E-state index < -0.39 is 0 Å². The molecule has 4 aromatic rings. The lowest BCUT2D eigenvalue weighted by molar-refractivity contribution is -0.120. The van der Waals surface area contributed by atoms with E-state index in [1.807, 2.05) is 72.8 Å². The van der Waals surface area contributed by atoms with Crippen LogP contribution in [0.25, 0.3) is 11.0 Å². The Morgan fingerprint density at radius 1 is 0.912 bits per heavy atom. The number of carbonyl (C=O) groups excluding carboxylic acids is 1. The molecule has 0 radical (unpaired) electrons. The van der Waals surface area contributed by atoms with Crippen molar-refractivity contribution in [1.29, 1.82) is 0 Å². The lowest BCUT2D eigenvalue weighted by Gasteiger charge is -2.12. The minimum atomic E-state index is 0.0300. The number of unbranched alkanes of at least 4 members (excludes halogenated alkanes) is 1. The quantitative estimate of drug-likeness (QED) is 0.310. The van der Waals surface area contributed by atoms with Crippen LogP contribution in [-0.2, 0) is 24.2 Å². The number of benzene rings is 3. The van der Waals surface area contributed by atoms with Gasteiger partial charge in [0.15, 0.2) is 11.5 Å². The van der Waals surface area contributed by atoms with Crippen molar-refractivity contribution >= 4 is 16.9 Å². The van der Waals surface area contributed by atoms with Crippen LogP contribution in [0.15, 0.2) is 78.9 Å². The smallest absolute Gasteiger partial charge is 0.224 e. The van der Waals surface area contributed by atoms with Crippen molar-refractivity contribution in [2.45, 2.75) is 32.2 Å². The van der Waals surface area contributed by atoms with E-state index in [1.165, 1.54) is 0 Å². The van der Waals surface area contributed by atoms with Gasteiger partial charge in [-0.05, 0) is 42.7 Å². The number of aromatic nitrogens is 2. The molecule has 6 nitrogen and oxygen atoms in total. The van der Waals surface area contributed by atoms with Crippen molar-refractivity contribution in [3.63, 3.8) is 0 Å². The zero-order valence-electron chi connectivity index (χ0n) is 19.6. The molecule has 0 fully saturated rings. The minimum Gasteiger partial charge on any atom is -0.493 e. The van der Waals surface area contributed by atoms with Gasteiger partial charge in [0, 0.05) is 19.5 Å². The van der Waals surface area contributed by atoms with Gasteiger partial charge in [-0.1, -0.05) is 54.6 Å². The molecule has 0 aliphatic heterocycles. The number of carbonyl (C=O) groups is 1. The van der Waals surface area contributed by atoms with E-state index in [0.29, 0.717) is 26.0 Å². The summed E-state index contributed by atoms with van der Waals surface area (Å²) in [5.74, 6) is 2.54. The van der Waals surface area contributed by atoms with Crippen LogP contribution < -0.4 is 14.8 Å². The predicted molar refractivity (Wildman–Crippen MR) is 134 cm³/mol. The molecular formula is C28H31N3O3. The molecule has 1 amide bonds. The highest BCUT2D eigenvalue weighted by Gasteiger charge is 2.11. The predicted octanol–water partition coefficient (Wildman–Crippen LogP) is 4.81. The molecule has 0 saturated carbocycles. The van der Waals surface area contributed by atoms with Crippen LogP contribution in [0.4, 0.5) is 0 Å². The number of para-hydroxylation sites is 4. The molecule has 176 valence electrons. The Hall–Kier alpha value is -3.80. The highest BCUT2D eigenvalue weighted by Crippen LogP contribution is 2.26. The Morgan fingerprint density at radius 3 is 2.47 bits per heavy atom. The van der Waals surface area contributed by atoms with Gasteiger partial charge < -0.3 is 19.4 Å². The van der Waals surface area contributed by atoms with E-state index in [4.69, 9.17) is 14.5 Å². The standard InChI is InChI=1S/C28H31N3O3/c1-33-25-15-7-8-16-26(25)34-20-10-9-19-31-24-14-6-5-13-23(24)30-27(31)17-18-29-28(32)21-22-11-3-2-4-12-22/h2-8,11-16H,9-10,17-21H2,1H3,(H,29,32). The molecular weight excluding hydrogens is 426 g/mol. The third kappa shape index (κ3) is 6.16. The van der Waals surface area contributed by atoms with E-state index in [0.717, 1.165) is 53.3 Å². The molecule has 6 heteroatoms. The van der Waals surface area contributed by atoms with Crippen molar-refractivity contribution in [3.05, 3.63) is 90.3 Å². The second-order valence-electron chi connectivity index (χ2n) is 8.14. The molecule has 0 saturated heterocycles. The average Bonchev–Trinajstić information content (AvgIpc) is 3.22. The summed E-state index contributed by atoms with van der Waals surface area (Å²) in [6.07, 6.45) is 2.96. The van der Waals surface area contributed by atoms with Gasteiger partial charge in [0.2, 0.25) is 5.91 Å². The number of imidazole rings is 1. The number of fused-ring (bicyclic) bond motifs is 1. The van der Waals surface area contributed by atoms with Gasteiger partial charge in [0.1, 0.15) is 5.82 Å². The topological polar surface area (TPSA) is 65.4 Å². The first-order valence-electron chi connectivity index (χ1n) is 11.7. The number of ether oxygens (including phenoxy) is 2. The van der Waals surface area contributed by atoms with Gasteiger partial charge in [-0.15, -0.1) is 0 Å². The number of nitrogens with one attached hydrogen (secondary N) is 1. The van der Waals surface area contributed by atoms with Gasteiger partial charge in [-0.3, -0.25) is 4.79 Å². The lowest BCUT2D eigenvalue weighted by atomic mass is 10.1. The molecule has 1 aromatic heterocycles. The molecule has 4 rings (SSSR count). The fourth-order valence-corrected chi connectivity index (χ4v) is 4.02. The maximum absolute atomic E-state index is 12.3. The van der Waals surface area contributed by atoms with Gasteiger partial charge in [-0.2, -0.15) is 0 Å². The summed E-state index contributed by atoms with van der Waals surface area (Å²) < 4.78 is 13.5. The van der Waals surface area contributed by atoms with Crippen molar-refractivity contribution in [2.75, 3.05) is 20.3 Å². The lowest BCUT2D eigenvalue weighted by Crippen LogP contribution is -2.28. The molecule has 0 spiro atoms. The summed E-state index contributed by atoms with van der Waals surface area (Å²) in [6.45, 7) is 2.03. The number of rotatable bonds is 12. The van der Waals surface area contributed by atoms with Gasteiger partial charge in [0.05, 0.1) is 31.2 Å². The first-order valence-corrected chi connectivity index (χ1v) is 11.7. The van der Waals surface area contributed by atoms with Crippen LogP contribution in [0, 0.1) is 0 Å². The monoisotopic (exact) mass is 457 g/mol. The van der Waals surface area contributed by atoms with Crippen molar-refractivity contribution < 1.29 is 14.3 Å². The molecule has 0 aliphatic rings. The second-order valence-corrected chi connectivity index (χ2v) is 8.14. The summed E-state index contributed by atoms with van der Waals surface area (Å²) in [5, 5.41) is 3.03. The third-order valence-corrected chi connectivity index (χ3v) is 5.71.